The second-order valence-electron chi connectivity index (χ2n) is 7.27. The number of carbonyl (C=O) groups is 1. The minimum absolute atomic E-state index is 0.311. The average molecular weight is 496 g/mol. The van der Waals surface area contributed by atoms with Crippen LogP contribution in [-0.4, -0.2) is 36.8 Å². The van der Waals surface area contributed by atoms with E-state index in [-0.39, 0.29) is 5.97 Å². The minimum Gasteiger partial charge on any atom is -0.497 e. The predicted molar refractivity (Wildman–Crippen MR) is 137 cm³/mol. The van der Waals surface area contributed by atoms with Crippen LogP contribution in [0.25, 0.3) is 10.2 Å². The van der Waals surface area contributed by atoms with Crippen LogP contribution in [0, 0.1) is 6.92 Å². The Balaban J connectivity index is 1.77. The molecule has 4 rings (SSSR count). The van der Waals surface area contributed by atoms with E-state index in [0.717, 1.165) is 26.4 Å². The Hall–Kier alpha value is -3.30. The maximum absolute atomic E-state index is 12.5. The number of benzene rings is 2. The minimum atomic E-state index is -0.350. The molecule has 2 aromatic carbocycles. The third-order valence-electron chi connectivity index (χ3n) is 5.02. The quantitative estimate of drug-likeness (QED) is 0.216. The van der Waals surface area contributed by atoms with Crippen molar-refractivity contribution in [1.82, 2.24) is 9.97 Å². The fourth-order valence-corrected chi connectivity index (χ4v) is 5.28. The van der Waals surface area contributed by atoms with E-state index < -0.39 is 0 Å². The number of nitrogens with one attached hydrogen (secondary N) is 1. The molecule has 1 N–H and O–H groups in total. The van der Waals surface area contributed by atoms with E-state index in [1.54, 1.807) is 39.0 Å². The van der Waals surface area contributed by atoms with E-state index in [1.165, 1.54) is 11.3 Å². The second-order valence-corrected chi connectivity index (χ2v) is 9.32. The van der Waals surface area contributed by atoms with Crippen LogP contribution in [0.4, 0.5) is 11.5 Å². The van der Waals surface area contributed by atoms with Gasteiger partial charge < -0.3 is 19.5 Å². The molecule has 0 radical (unpaired) electrons. The Morgan fingerprint density at radius 3 is 2.41 bits per heavy atom. The number of methoxy groups -OCH3 is 2. The number of hydrogen-bond acceptors (Lipinski definition) is 9. The molecule has 7 nitrogen and oxygen atoms in total. The fourth-order valence-electron chi connectivity index (χ4n) is 3.41. The first-order valence-electron chi connectivity index (χ1n) is 10.7. The van der Waals surface area contributed by atoms with Crippen molar-refractivity contribution in [2.24, 2.45) is 0 Å². The van der Waals surface area contributed by atoms with Crippen molar-refractivity contribution >= 4 is 50.8 Å². The summed E-state index contributed by atoms with van der Waals surface area (Å²) in [6.07, 6.45) is 0. The van der Waals surface area contributed by atoms with Crippen molar-refractivity contribution < 1.29 is 19.0 Å². The largest absolute Gasteiger partial charge is 0.497 e. The van der Waals surface area contributed by atoms with Crippen LogP contribution in [0.1, 0.15) is 28.0 Å². The maximum Gasteiger partial charge on any atom is 0.348 e. The van der Waals surface area contributed by atoms with Crippen molar-refractivity contribution in [3.05, 3.63) is 64.8 Å². The van der Waals surface area contributed by atoms with Gasteiger partial charge in [-0.15, -0.1) is 23.1 Å². The molecule has 9 heteroatoms. The number of nitrogens with zero attached hydrogens (tertiary/aromatic N) is 2. The van der Waals surface area contributed by atoms with E-state index in [9.17, 15) is 4.79 Å². The molecule has 34 heavy (non-hydrogen) atoms. The molecule has 0 saturated carbocycles. The molecule has 0 saturated heterocycles. The van der Waals surface area contributed by atoms with Gasteiger partial charge in [0.2, 0.25) is 0 Å². The van der Waals surface area contributed by atoms with Gasteiger partial charge in [0.25, 0.3) is 0 Å². The van der Waals surface area contributed by atoms with Crippen molar-refractivity contribution in [3.8, 4) is 11.5 Å². The van der Waals surface area contributed by atoms with Crippen LogP contribution in [0.3, 0.4) is 0 Å². The molecule has 0 fully saturated rings. The van der Waals surface area contributed by atoms with Gasteiger partial charge in [0, 0.05) is 28.8 Å². The molecular weight excluding hydrogens is 470 g/mol. The summed E-state index contributed by atoms with van der Waals surface area (Å²) >= 11 is 2.98. The monoisotopic (exact) mass is 495 g/mol. The van der Waals surface area contributed by atoms with Gasteiger partial charge >= 0.3 is 5.97 Å². The van der Waals surface area contributed by atoms with Gasteiger partial charge in [0.15, 0.2) is 0 Å². The first kappa shape index (κ1) is 23.8. The highest BCUT2D eigenvalue weighted by molar-refractivity contribution is 7.98. The van der Waals surface area contributed by atoms with Gasteiger partial charge in [-0.3, -0.25) is 0 Å². The zero-order valence-electron chi connectivity index (χ0n) is 19.4. The summed E-state index contributed by atoms with van der Waals surface area (Å²) in [6.45, 7) is 4.00. The van der Waals surface area contributed by atoms with E-state index in [4.69, 9.17) is 24.2 Å². The summed E-state index contributed by atoms with van der Waals surface area (Å²) in [5.74, 6) is 2.82. The molecule has 176 valence electrons. The van der Waals surface area contributed by atoms with Crippen LogP contribution in [0.2, 0.25) is 0 Å². The van der Waals surface area contributed by atoms with Gasteiger partial charge in [0.05, 0.1) is 32.0 Å². The number of carbonyl (C=O) groups excluding carboxylic acids is 1. The van der Waals surface area contributed by atoms with Gasteiger partial charge in [0.1, 0.15) is 32.8 Å². The van der Waals surface area contributed by atoms with E-state index >= 15 is 0 Å². The highest BCUT2D eigenvalue weighted by Gasteiger charge is 2.22. The van der Waals surface area contributed by atoms with Crippen LogP contribution in [0.5, 0.6) is 11.5 Å². The Morgan fingerprint density at radius 2 is 1.76 bits per heavy atom. The summed E-state index contributed by atoms with van der Waals surface area (Å²) in [7, 11) is 3.21. The number of aryl methyl sites for hydroxylation is 1. The van der Waals surface area contributed by atoms with Crippen molar-refractivity contribution in [3.63, 3.8) is 0 Å². The summed E-state index contributed by atoms with van der Waals surface area (Å²) in [5, 5.41) is 4.19. The molecule has 0 spiro atoms. The van der Waals surface area contributed by atoms with E-state index in [2.05, 4.69) is 17.4 Å². The Kier molecular flexibility index (Phi) is 7.54. The molecule has 0 unspecified atom stereocenters. The number of fused-ring (bicyclic) bond motifs is 1. The van der Waals surface area contributed by atoms with E-state index in [1.807, 2.05) is 37.3 Å². The molecule has 4 aromatic rings. The molecule has 0 atom stereocenters. The van der Waals surface area contributed by atoms with Gasteiger partial charge in [-0.1, -0.05) is 18.2 Å². The first-order valence-corrected chi connectivity index (χ1v) is 12.5. The molecule has 2 heterocycles. The second kappa shape index (κ2) is 10.8. The summed E-state index contributed by atoms with van der Waals surface area (Å²) in [5.41, 5.74) is 1.54. The third-order valence-corrected chi connectivity index (χ3v) is 7.20. The highest BCUT2D eigenvalue weighted by atomic mass is 32.2. The number of thioether (sulfide) groups is 1. The predicted octanol–water partition coefficient (Wildman–Crippen LogP) is 6.23. The average Bonchev–Trinajstić information content (AvgIpc) is 3.19. The number of esters is 1. The van der Waals surface area contributed by atoms with Crippen molar-refractivity contribution in [2.45, 2.75) is 24.5 Å². The van der Waals surface area contributed by atoms with Crippen LogP contribution < -0.4 is 14.8 Å². The van der Waals surface area contributed by atoms with E-state index in [0.29, 0.717) is 40.4 Å². The van der Waals surface area contributed by atoms with Crippen molar-refractivity contribution in [1.29, 1.82) is 0 Å². The highest BCUT2D eigenvalue weighted by Crippen LogP contribution is 2.37. The number of hydrogen-bond donors (Lipinski definition) is 1. The molecule has 0 aliphatic rings. The van der Waals surface area contributed by atoms with Gasteiger partial charge in [-0.2, -0.15) is 0 Å². The zero-order chi connectivity index (χ0) is 24.1. The number of thiophene rings is 1. The van der Waals surface area contributed by atoms with Crippen LogP contribution >= 0.6 is 23.1 Å². The lowest BCUT2D eigenvalue weighted by molar-refractivity contribution is 0.0531. The summed E-state index contributed by atoms with van der Waals surface area (Å²) in [4.78, 5) is 24.6. The molecule has 0 aliphatic heterocycles. The SMILES string of the molecule is CCOC(=O)c1sc2nc(CSc3ccccc3)nc(Nc3cc(OC)cc(OC)c3)c2c1C. The first-order chi connectivity index (χ1) is 16.5. The van der Waals surface area contributed by atoms with Crippen molar-refractivity contribution in [2.75, 3.05) is 26.1 Å². The lowest BCUT2D eigenvalue weighted by Gasteiger charge is -2.12. The molecule has 0 amide bonds. The summed E-state index contributed by atoms with van der Waals surface area (Å²) < 4.78 is 16.1. The molecule has 0 bridgehead atoms. The number of rotatable bonds is 9. The number of ether oxygens (including phenoxy) is 3. The van der Waals surface area contributed by atoms with Gasteiger partial charge in [-0.25, -0.2) is 14.8 Å². The molecule has 2 aromatic heterocycles. The Bertz CT molecular complexity index is 1290. The lowest BCUT2D eigenvalue weighted by Crippen LogP contribution is -2.04. The molecular formula is C25H25N3O4S2. The Morgan fingerprint density at radius 1 is 1.06 bits per heavy atom. The zero-order valence-corrected chi connectivity index (χ0v) is 21.0. The fraction of sp³-hybridized carbons (Fsp3) is 0.240. The van der Waals surface area contributed by atoms with Crippen LogP contribution in [0.15, 0.2) is 53.4 Å². The third kappa shape index (κ3) is 5.26. The molecule has 0 aliphatic carbocycles. The number of aromatic nitrogens is 2. The summed E-state index contributed by atoms with van der Waals surface area (Å²) in [6, 6.07) is 15.6. The standard InChI is InChI=1S/C25H25N3O4S2/c1-5-32-25(29)22-15(2)21-23(26-16-11-17(30-3)13-18(12-16)31-4)27-20(28-24(21)34-22)14-33-19-9-7-6-8-10-19/h6-13H,5,14H2,1-4H3,(H,26,27,28). The lowest BCUT2D eigenvalue weighted by atomic mass is 10.2. The van der Waals surface area contributed by atoms with Crippen LogP contribution in [-0.2, 0) is 10.5 Å². The maximum atomic E-state index is 12.5. The smallest absolute Gasteiger partial charge is 0.348 e. The Labute approximate surface area is 206 Å². The topological polar surface area (TPSA) is 82.6 Å². The normalized spacial score (nSPS) is 10.8. The number of anilines is 2. The van der Waals surface area contributed by atoms with Gasteiger partial charge in [-0.05, 0) is 31.5 Å².